The van der Waals surface area contributed by atoms with Crippen LogP contribution >= 0.6 is 0 Å². The van der Waals surface area contributed by atoms with E-state index in [-0.39, 0.29) is 12.0 Å². The third-order valence-corrected chi connectivity index (χ3v) is 7.27. The lowest BCUT2D eigenvalue weighted by atomic mass is 9.79. The molecule has 1 saturated carbocycles. The molecule has 0 bridgehead atoms. The number of nitrogens with zero attached hydrogens (tertiary/aromatic N) is 2. The summed E-state index contributed by atoms with van der Waals surface area (Å²) < 4.78 is 5.18. The Hall–Kier alpha value is -1.30. The van der Waals surface area contributed by atoms with Crippen LogP contribution < -0.4 is 5.32 Å². The monoisotopic (exact) mass is 407 g/mol. The summed E-state index contributed by atoms with van der Waals surface area (Å²) in [5.41, 5.74) is -0.414. The van der Waals surface area contributed by atoms with Gasteiger partial charge in [0.1, 0.15) is 0 Å². The topological polar surface area (TPSA) is 61.9 Å². The number of ether oxygens (including phenoxy) is 1. The molecule has 6 heteroatoms. The lowest BCUT2D eigenvalue weighted by molar-refractivity contribution is -0.145. The normalized spacial score (nSPS) is 24.3. The van der Waals surface area contributed by atoms with Gasteiger partial charge in [0.05, 0.1) is 18.6 Å². The number of piperidine rings is 2. The van der Waals surface area contributed by atoms with Gasteiger partial charge in [-0.25, -0.2) is 4.79 Å². The number of hydrogen-bond donors (Lipinski definition) is 1. The highest BCUT2D eigenvalue weighted by Gasteiger charge is 2.38. The highest BCUT2D eigenvalue weighted by molar-refractivity contribution is 5.77. The summed E-state index contributed by atoms with van der Waals surface area (Å²) in [5, 5.41) is 3.27. The van der Waals surface area contributed by atoms with E-state index in [4.69, 9.17) is 4.74 Å². The minimum atomic E-state index is -0.414. The van der Waals surface area contributed by atoms with Crippen molar-refractivity contribution in [1.29, 1.82) is 0 Å². The first-order valence-electron chi connectivity index (χ1n) is 11.9. The van der Waals surface area contributed by atoms with E-state index in [9.17, 15) is 9.59 Å². The van der Waals surface area contributed by atoms with Gasteiger partial charge in [-0.3, -0.25) is 4.79 Å². The first kappa shape index (κ1) is 22.4. The lowest BCUT2D eigenvalue weighted by Crippen LogP contribution is -2.56. The van der Waals surface area contributed by atoms with Crippen LogP contribution in [-0.4, -0.2) is 66.7 Å². The fraction of sp³-hybridized carbons (Fsp3) is 0.913. The van der Waals surface area contributed by atoms with Gasteiger partial charge in [0.15, 0.2) is 0 Å². The molecule has 29 heavy (non-hydrogen) atoms. The molecule has 0 atom stereocenters. The van der Waals surface area contributed by atoms with Crippen LogP contribution in [0.15, 0.2) is 0 Å². The molecule has 3 fully saturated rings. The summed E-state index contributed by atoms with van der Waals surface area (Å²) in [6, 6.07) is 0.0152. The fourth-order valence-electron chi connectivity index (χ4n) is 5.30. The fourth-order valence-corrected chi connectivity index (χ4v) is 5.30. The summed E-state index contributed by atoms with van der Waals surface area (Å²) in [6.07, 6.45) is 10.2. The van der Waals surface area contributed by atoms with Crippen LogP contribution in [0.1, 0.15) is 78.1 Å². The number of urea groups is 1. The van der Waals surface area contributed by atoms with Crippen molar-refractivity contribution < 1.29 is 14.3 Å². The van der Waals surface area contributed by atoms with E-state index in [1.54, 1.807) is 0 Å². The summed E-state index contributed by atoms with van der Waals surface area (Å²) in [7, 11) is 0. The highest BCUT2D eigenvalue weighted by Crippen LogP contribution is 2.32. The van der Waals surface area contributed by atoms with Crippen molar-refractivity contribution in [3.8, 4) is 0 Å². The number of hydrogen-bond acceptors (Lipinski definition) is 4. The predicted molar refractivity (Wildman–Crippen MR) is 115 cm³/mol. The smallest absolute Gasteiger partial charge is 0.317 e. The van der Waals surface area contributed by atoms with Crippen LogP contribution in [-0.2, 0) is 9.53 Å². The van der Waals surface area contributed by atoms with Gasteiger partial charge in [-0.2, -0.15) is 0 Å². The Balaban J connectivity index is 1.46. The quantitative estimate of drug-likeness (QED) is 0.681. The lowest BCUT2D eigenvalue weighted by Gasteiger charge is -2.41. The highest BCUT2D eigenvalue weighted by atomic mass is 16.5. The first-order valence-corrected chi connectivity index (χ1v) is 11.9. The second-order valence-electron chi connectivity index (χ2n) is 9.67. The molecule has 2 amide bonds. The van der Waals surface area contributed by atoms with Crippen LogP contribution in [0.2, 0.25) is 0 Å². The molecule has 0 spiro atoms. The molecular weight excluding hydrogens is 366 g/mol. The molecule has 166 valence electrons. The second-order valence-corrected chi connectivity index (χ2v) is 9.67. The number of amides is 2. The second kappa shape index (κ2) is 10.6. The number of likely N-dealkylation sites (tertiary alicyclic amines) is 2. The third kappa shape index (κ3) is 6.59. The molecule has 0 aromatic heterocycles. The van der Waals surface area contributed by atoms with Crippen molar-refractivity contribution in [2.45, 2.75) is 83.6 Å². The molecule has 2 aliphatic heterocycles. The average Bonchev–Trinajstić information content (AvgIpc) is 2.71. The molecule has 2 saturated heterocycles. The van der Waals surface area contributed by atoms with E-state index in [0.717, 1.165) is 57.5 Å². The Kier molecular flexibility index (Phi) is 8.22. The summed E-state index contributed by atoms with van der Waals surface area (Å²) in [6.45, 7) is 9.90. The number of rotatable bonds is 6. The van der Waals surface area contributed by atoms with E-state index < -0.39 is 5.54 Å². The number of esters is 1. The zero-order chi connectivity index (χ0) is 20.7. The van der Waals surface area contributed by atoms with E-state index >= 15 is 0 Å². The molecule has 1 aliphatic carbocycles. The predicted octanol–water partition coefficient (Wildman–Crippen LogP) is 3.80. The average molecular weight is 408 g/mol. The molecule has 6 nitrogen and oxygen atoms in total. The molecule has 0 radical (unpaired) electrons. The maximum absolute atomic E-state index is 13.0. The van der Waals surface area contributed by atoms with Crippen molar-refractivity contribution in [2.24, 2.45) is 11.8 Å². The van der Waals surface area contributed by atoms with E-state index in [1.807, 2.05) is 11.8 Å². The van der Waals surface area contributed by atoms with Crippen molar-refractivity contribution in [1.82, 2.24) is 15.1 Å². The first-order chi connectivity index (χ1) is 14.0. The third-order valence-electron chi connectivity index (χ3n) is 7.27. The molecule has 0 unspecified atom stereocenters. The van der Waals surface area contributed by atoms with Gasteiger partial charge in [0.2, 0.25) is 0 Å². The van der Waals surface area contributed by atoms with Gasteiger partial charge in [-0.1, -0.05) is 26.2 Å². The zero-order valence-electron chi connectivity index (χ0n) is 18.6. The van der Waals surface area contributed by atoms with Gasteiger partial charge in [-0.15, -0.1) is 0 Å². The molecule has 2 heterocycles. The Labute approximate surface area is 176 Å². The van der Waals surface area contributed by atoms with Gasteiger partial charge >= 0.3 is 12.0 Å². The summed E-state index contributed by atoms with van der Waals surface area (Å²) in [4.78, 5) is 29.7. The van der Waals surface area contributed by atoms with Gasteiger partial charge in [0.25, 0.3) is 0 Å². The standard InChI is InChI=1S/C23H41N3O3/c1-3-29-21(27)17-23(11-5-4-6-12-23)24-22(28)26-15-9-20(10-16-26)18-25-13-7-19(2)8-14-25/h19-20H,3-18H2,1-2H3,(H,24,28). The Bertz CT molecular complexity index is 531. The van der Waals surface area contributed by atoms with Crippen LogP contribution in [0.4, 0.5) is 4.79 Å². The number of carbonyl (C=O) groups excluding carboxylic acids is 2. The Morgan fingerprint density at radius 3 is 2.28 bits per heavy atom. The minimum Gasteiger partial charge on any atom is -0.466 e. The van der Waals surface area contributed by atoms with Gasteiger partial charge in [-0.05, 0) is 70.4 Å². The Morgan fingerprint density at radius 2 is 1.66 bits per heavy atom. The summed E-state index contributed by atoms with van der Waals surface area (Å²) in [5.74, 6) is 1.39. The molecule has 0 aromatic rings. The molecular formula is C23H41N3O3. The maximum Gasteiger partial charge on any atom is 0.317 e. The Morgan fingerprint density at radius 1 is 1.00 bits per heavy atom. The van der Waals surface area contributed by atoms with Crippen molar-refractivity contribution in [3.05, 3.63) is 0 Å². The van der Waals surface area contributed by atoms with E-state index in [2.05, 4.69) is 17.1 Å². The van der Waals surface area contributed by atoms with Gasteiger partial charge < -0.3 is 19.9 Å². The number of carbonyl (C=O) groups is 2. The molecule has 1 N–H and O–H groups in total. The van der Waals surface area contributed by atoms with Crippen LogP contribution in [0, 0.1) is 11.8 Å². The van der Waals surface area contributed by atoms with Gasteiger partial charge in [0, 0.05) is 19.6 Å². The molecule has 3 aliphatic rings. The minimum absolute atomic E-state index is 0.0152. The molecule has 3 rings (SSSR count). The van der Waals surface area contributed by atoms with Crippen LogP contribution in [0.25, 0.3) is 0 Å². The van der Waals surface area contributed by atoms with Crippen molar-refractivity contribution >= 4 is 12.0 Å². The maximum atomic E-state index is 13.0. The van der Waals surface area contributed by atoms with Crippen LogP contribution in [0.3, 0.4) is 0 Å². The zero-order valence-corrected chi connectivity index (χ0v) is 18.6. The largest absolute Gasteiger partial charge is 0.466 e. The van der Waals surface area contributed by atoms with Crippen LogP contribution in [0.5, 0.6) is 0 Å². The molecule has 0 aromatic carbocycles. The van der Waals surface area contributed by atoms with E-state index in [0.29, 0.717) is 18.9 Å². The van der Waals surface area contributed by atoms with Crippen molar-refractivity contribution in [2.75, 3.05) is 39.3 Å². The summed E-state index contributed by atoms with van der Waals surface area (Å²) >= 11 is 0. The SMILES string of the molecule is CCOC(=O)CC1(NC(=O)N2CCC(CN3CCC(C)CC3)CC2)CCCCC1. The van der Waals surface area contributed by atoms with E-state index in [1.165, 1.54) is 38.9 Å². The van der Waals surface area contributed by atoms with Crippen molar-refractivity contribution in [3.63, 3.8) is 0 Å². The number of nitrogens with one attached hydrogen (secondary N) is 1.